The molecule has 1 unspecified atom stereocenters. The zero-order valence-corrected chi connectivity index (χ0v) is 12.2. The number of carbonyl (C=O) groups is 2. The Morgan fingerprint density at radius 3 is 3.00 bits per heavy atom. The van der Waals surface area contributed by atoms with Crippen molar-refractivity contribution in [2.75, 3.05) is 11.4 Å². The second-order valence-electron chi connectivity index (χ2n) is 4.42. The van der Waals surface area contributed by atoms with Gasteiger partial charge in [0.05, 0.1) is 16.1 Å². The zero-order valence-electron chi connectivity index (χ0n) is 9.80. The Hall–Kier alpha value is -1.47. The summed E-state index contributed by atoms with van der Waals surface area (Å²) in [7, 11) is 0. The topological polar surface area (TPSA) is 76.3 Å². The van der Waals surface area contributed by atoms with Crippen LogP contribution in [0.4, 0.5) is 5.13 Å². The Morgan fingerprint density at radius 2 is 2.32 bits per heavy atom. The molecule has 1 aromatic carbocycles. The van der Waals surface area contributed by atoms with E-state index >= 15 is 0 Å². The summed E-state index contributed by atoms with van der Waals surface area (Å²) in [5.41, 5.74) is 6.10. The molecule has 2 aromatic rings. The van der Waals surface area contributed by atoms with Crippen molar-refractivity contribution in [1.29, 1.82) is 0 Å². The predicted molar refractivity (Wildman–Crippen MR) is 77.0 cm³/mol. The number of primary amides is 1. The van der Waals surface area contributed by atoms with E-state index in [-0.39, 0.29) is 12.3 Å². The van der Waals surface area contributed by atoms with Crippen LogP contribution in [0.5, 0.6) is 0 Å². The highest BCUT2D eigenvalue weighted by atomic mass is 79.9. The molecule has 7 heteroatoms. The van der Waals surface area contributed by atoms with Crippen molar-refractivity contribution in [3.8, 4) is 0 Å². The summed E-state index contributed by atoms with van der Waals surface area (Å²) in [6.45, 7) is 0.329. The SMILES string of the molecule is NC(=O)C1CC(=O)N(c2nc3ccc(Br)cc3s2)C1. The molecular formula is C12H10BrN3O2S. The van der Waals surface area contributed by atoms with E-state index in [1.807, 2.05) is 18.2 Å². The molecule has 1 saturated heterocycles. The van der Waals surface area contributed by atoms with Gasteiger partial charge in [0, 0.05) is 17.4 Å². The molecule has 19 heavy (non-hydrogen) atoms. The van der Waals surface area contributed by atoms with E-state index in [9.17, 15) is 9.59 Å². The van der Waals surface area contributed by atoms with E-state index < -0.39 is 11.8 Å². The van der Waals surface area contributed by atoms with Gasteiger partial charge in [0.1, 0.15) is 0 Å². The minimum absolute atomic E-state index is 0.0954. The van der Waals surface area contributed by atoms with Crippen LogP contribution in [0.2, 0.25) is 0 Å². The van der Waals surface area contributed by atoms with Gasteiger partial charge in [0.25, 0.3) is 0 Å². The first-order valence-electron chi connectivity index (χ1n) is 5.70. The fraction of sp³-hybridized carbons (Fsp3) is 0.250. The fourth-order valence-corrected chi connectivity index (χ4v) is 3.63. The maximum Gasteiger partial charge on any atom is 0.229 e. The molecule has 0 bridgehead atoms. The van der Waals surface area contributed by atoms with Crippen LogP contribution in [0, 0.1) is 5.92 Å². The van der Waals surface area contributed by atoms with E-state index in [1.54, 1.807) is 4.90 Å². The monoisotopic (exact) mass is 339 g/mol. The van der Waals surface area contributed by atoms with E-state index in [0.717, 1.165) is 14.7 Å². The second-order valence-corrected chi connectivity index (χ2v) is 6.34. The standard InChI is InChI=1S/C12H10BrN3O2S/c13-7-1-2-8-9(4-7)19-12(15-8)16-5-6(11(14)18)3-10(16)17/h1-2,4,6H,3,5H2,(H2,14,18). The van der Waals surface area contributed by atoms with Gasteiger partial charge in [-0.05, 0) is 18.2 Å². The third-order valence-corrected chi connectivity index (χ3v) is 4.63. The highest BCUT2D eigenvalue weighted by Crippen LogP contribution is 2.33. The van der Waals surface area contributed by atoms with Gasteiger partial charge in [-0.2, -0.15) is 0 Å². The van der Waals surface area contributed by atoms with Gasteiger partial charge in [-0.3, -0.25) is 14.5 Å². The molecule has 1 aliphatic rings. The van der Waals surface area contributed by atoms with Crippen LogP contribution >= 0.6 is 27.3 Å². The average molecular weight is 340 g/mol. The molecule has 3 rings (SSSR count). The largest absolute Gasteiger partial charge is 0.369 e. The summed E-state index contributed by atoms with van der Waals surface area (Å²) in [5, 5.41) is 0.627. The highest BCUT2D eigenvalue weighted by molar-refractivity contribution is 9.10. The van der Waals surface area contributed by atoms with E-state index in [0.29, 0.717) is 11.7 Å². The number of anilines is 1. The molecule has 98 valence electrons. The van der Waals surface area contributed by atoms with Crippen LogP contribution in [0.25, 0.3) is 10.2 Å². The van der Waals surface area contributed by atoms with Gasteiger partial charge >= 0.3 is 0 Å². The number of rotatable bonds is 2. The van der Waals surface area contributed by atoms with Gasteiger partial charge in [0.2, 0.25) is 11.8 Å². The number of amides is 2. The van der Waals surface area contributed by atoms with Gasteiger partial charge in [-0.1, -0.05) is 27.3 Å². The molecule has 0 radical (unpaired) electrons. The van der Waals surface area contributed by atoms with Crippen LogP contribution in [0.3, 0.4) is 0 Å². The molecular weight excluding hydrogens is 330 g/mol. The molecule has 0 saturated carbocycles. The number of benzene rings is 1. The molecule has 1 aliphatic heterocycles. The lowest BCUT2D eigenvalue weighted by atomic mass is 10.1. The third-order valence-electron chi connectivity index (χ3n) is 3.10. The fourth-order valence-electron chi connectivity index (χ4n) is 2.08. The van der Waals surface area contributed by atoms with Crippen LogP contribution in [0.1, 0.15) is 6.42 Å². The number of nitrogens with two attached hydrogens (primary N) is 1. The Labute approximate surface area is 121 Å². The first kappa shape index (κ1) is 12.6. The molecule has 2 N–H and O–H groups in total. The Bertz CT molecular complexity index is 685. The van der Waals surface area contributed by atoms with E-state index in [2.05, 4.69) is 20.9 Å². The van der Waals surface area contributed by atoms with Crippen LogP contribution in [0.15, 0.2) is 22.7 Å². The van der Waals surface area contributed by atoms with Gasteiger partial charge in [-0.15, -0.1) is 0 Å². The Morgan fingerprint density at radius 1 is 1.53 bits per heavy atom. The molecule has 2 amide bonds. The molecule has 1 atom stereocenters. The number of halogens is 1. The number of hydrogen-bond acceptors (Lipinski definition) is 4. The maximum absolute atomic E-state index is 11.9. The quantitative estimate of drug-likeness (QED) is 0.907. The smallest absolute Gasteiger partial charge is 0.229 e. The summed E-state index contributed by atoms with van der Waals surface area (Å²) >= 11 is 4.84. The van der Waals surface area contributed by atoms with Crippen molar-refractivity contribution >= 4 is 54.4 Å². The summed E-state index contributed by atoms with van der Waals surface area (Å²) < 4.78 is 1.97. The lowest BCUT2D eigenvalue weighted by Gasteiger charge is -2.11. The van der Waals surface area contributed by atoms with Crippen molar-refractivity contribution in [2.24, 2.45) is 11.7 Å². The van der Waals surface area contributed by atoms with Crippen molar-refractivity contribution < 1.29 is 9.59 Å². The Balaban J connectivity index is 1.96. The lowest BCUT2D eigenvalue weighted by molar-refractivity contribution is -0.123. The highest BCUT2D eigenvalue weighted by Gasteiger charge is 2.35. The minimum atomic E-state index is -0.431. The average Bonchev–Trinajstić information content (AvgIpc) is 2.91. The first-order chi connectivity index (χ1) is 9.04. The zero-order chi connectivity index (χ0) is 13.6. The third kappa shape index (κ3) is 2.23. The van der Waals surface area contributed by atoms with Crippen molar-refractivity contribution in [3.05, 3.63) is 22.7 Å². The van der Waals surface area contributed by atoms with Crippen molar-refractivity contribution in [2.45, 2.75) is 6.42 Å². The second kappa shape index (κ2) is 4.57. The number of hydrogen-bond donors (Lipinski definition) is 1. The Kier molecular flexibility index (Phi) is 3.02. The van der Waals surface area contributed by atoms with Gasteiger partial charge in [-0.25, -0.2) is 4.98 Å². The summed E-state index contributed by atoms with van der Waals surface area (Å²) in [6.07, 6.45) is 0.176. The van der Waals surface area contributed by atoms with Crippen molar-refractivity contribution in [1.82, 2.24) is 4.98 Å². The van der Waals surface area contributed by atoms with Crippen LogP contribution < -0.4 is 10.6 Å². The molecule has 0 spiro atoms. The van der Waals surface area contributed by atoms with Gasteiger partial charge in [0.15, 0.2) is 5.13 Å². The molecule has 5 nitrogen and oxygen atoms in total. The number of carbonyl (C=O) groups excluding carboxylic acids is 2. The maximum atomic E-state index is 11.9. The predicted octanol–water partition coefficient (Wildman–Crippen LogP) is 1.90. The van der Waals surface area contributed by atoms with Gasteiger partial charge < -0.3 is 5.73 Å². The molecule has 2 heterocycles. The number of aromatic nitrogens is 1. The summed E-state index contributed by atoms with van der Waals surface area (Å²) in [6, 6.07) is 5.76. The van der Waals surface area contributed by atoms with Crippen LogP contribution in [-0.4, -0.2) is 23.3 Å². The molecule has 1 fully saturated rings. The lowest BCUT2D eigenvalue weighted by Crippen LogP contribution is -2.28. The van der Waals surface area contributed by atoms with E-state index in [4.69, 9.17) is 5.73 Å². The van der Waals surface area contributed by atoms with E-state index in [1.165, 1.54) is 11.3 Å². The number of nitrogens with zero attached hydrogens (tertiary/aromatic N) is 2. The number of thiazole rings is 1. The van der Waals surface area contributed by atoms with Crippen LogP contribution in [-0.2, 0) is 9.59 Å². The minimum Gasteiger partial charge on any atom is -0.369 e. The molecule has 0 aliphatic carbocycles. The number of fused-ring (bicyclic) bond motifs is 1. The van der Waals surface area contributed by atoms with Crippen molar-refractivity contribution in [3.63, 3.8) is 0 Å². The first-order valence-corrected chi connectivity index (χ1v) is 7.31. The summed E-state index contributed by atoms with van der Waals surface area (Å²) in [4.78, 5) is 29.1. The normalized spacial score (nSPS) is 19.3. The molecule has 1 aromatic heterocycles. The summed E-state index contributed by atoms with van der Waals surface area (Å²) in [5.74, 6) is -0.937.